The molecule has 3 aromatic rings. The zero-order valence-corrected chi connectivity index (χ0v) is 13.5. The van der Waals surface area contributed by atoms with E-state index in [-0.39, 0.29) is 0 Å². The number of anilines is 2. The van der Waals surface area contributed by atoms with E-state index in [1.54, 1.807) is 30.7 Å². The highest BCUT2D eigenvalue weighted by molar-refractivity contribution is 5.77. The van der Waals surface area contributed by atoms with Gasteiger partial charge in [0.2, 0.25) is 0 Å². The molecule has 1 N–H and O–H groups in total. The van der Waals surface area contributed by atoms with Crippen LogP contribution >= 0.6 is 0 Å². The van der Waals surface area contributed by atoms with E-state index in [1.165, 1.54) is 6.07 Å². The van der Waals surface area contributed by atoms with Gasteiger partial charge < -0.3 is 10.2 Å². The van der Waals surface area contributed by atoms with Crippen molar-refractivity contribution in [2.75, 3.05) is 16.9 Å². The van der Waals surface area contributed by atoms with Crippen LogP contribution < -0.4 is 10.2 Å². The van der Waals surface area contributed by atoms with Gasteiger partial charge in [0, 0.05) is 24.2 Å². The van der Waals surface area contributed by atoms with E-state index in [9.17, 15) is 13.2 Å². The third-order valence-corrected chi connectivity index (χ3v) is 4.12. The minimum absolute atomic E-state index is 0.470. The van der Waals surface area contributed by atoms with Crippen molar-refractivity contribution in [3.63, 3.8) is 0 Å². The summed E-state index contributed by atoms with van der Waals surface area (Å²) in [7, 11) is 0. The number of nitrogens with one attached hydrogen (secondary N) is 1. The Morgan fingerprint density at radius 1 is 1.00 bits per heavy atom. The van der Waals surface area contributed by atoms with Crippen molar-refractivity contribution in [1.29, 1.82) is 0 Å². The van der Waals surface area contributed by atoms with Gasteiger partial charge in [-0.15, -0.1) is 0 Å². The van der Waals surface area contributed by atoms with E-state index in [0.717, 1.165) is 17.8 Å². The smallest absolute Gasteiger partial charge is 0.351 e. The summed E-state index contributed by atoms with van der Waals surface area (Å²) >= 11 is 0. The van der Waals surface area contributed by atoms with Gasteiger partial charge in [-0.25, -0.2) is 15.0 Å². The van der Waals surface area contributed by atoms with Gasteiger partial charge in [-0.3, -0.25) is 0 Å². The van der Waals surface area contributed by atoms with Crippen LogP contribution in [0.5, 0.6) is 0 Å². The average Bonchev–Trinajstić information content (AvgIpc) is 3.04. The molecule has 0 bridgehead atoms. The molecular formula is C18H14F3N5. The number of rotatable bonds is 3. The van der Waals surface area contributed by atoms with E-state index in [2.05, 4.69) is 20.3 Å². The third kappa shape index (κ3) is 3.17. The maximum absolute atomic E-state index is 13.0. The zero-order chi connectivity index (χ0) is 18.1. The molecule has 0 unspecified atom stereocenters. The van der Waals surface area contributed by atoms with Gasteiger partial charge in [0.25, 0.3) is 0 Å². The predicted octanol–water partition coefficient (Wildman–Crippen LogP) is 3.95. The van der Waals surface area contributed by atoms with Crippen LogP contribution in [0, 0.1) is 0 Å². The molecule has 0 spiro atoms. The van der Waals surface area contributed by atoms with Gasteiger partial charge in [-0.05, 0) is 29.8 Å². The molecule has 0 atom stereocenters. The monoisotopic (exact) mass is 357 g/mol. The molecular weight excluding hydrogens is 343 g/mol. The summed E-state index contributed by atoms with van der Waals surface area (Å²) in [6.45, 7) is 1.02. The van der Waals surface area contributed by atoms with E-state index in [1.807, 2.05) is 11.0 Å². The number of nitrogens with zero attached hydrogens (tertiary/aromatic N) is 4. The number of hydrogen-bond acceptors (Lipinski definition) is 5. The van der Waals surface area contributed by atoms with E-state index in [4.69, 9.17) is 0 Å². The van der Waals surface area contributed by atoms with E-state index >= 15 is 0 Å². The average molecular weight is 357 g/mol. The molecule has 0 fully saturated rings. The number of pyridine rings is 1. The summed E-state index contributed by atoms with van der Waals surface area (Å²) in [5, 5.41) is 3.16. The number of benzene rings is 1. The molecule has 132 valence electrons. The lowest BCUT2D eigenvalue weighted by molar-refractivity contribution is -0.137. The first kappa shape index (κ1) is 16.3. The van der Waals surface area contributed by atoms with Crippen LogP contribution in [0.25, 0.3) is 11.1 Å². The summed E-state index contributed by atoms with van der Waals surface area (Å²) in [4.78, 5) is 14.8. The van der Waals surface area contributed by atoms with Crippen molar-refractivity contribution in [3.05, 3.63) is 66.4 Å². The van der Waals surface area contributed by atoms with E-state index < -0.39 is 11.7 Å². The van der Waals surface area contributed by atoms with Crippen molar-refractivity contribution in [3.8, 4) is 11.1 Å². The van der Waals surface area contributed by atoms with Crippen molar-refractivity contribution in [2.45, 2.75) is 12.7 Å². The predicted molar refractivity (Wildman–Crippen MR) is 91.4 cm³/mol. The fourth-order valence-corrected chi connectivity index (χ4v) is 2.84. The van der Waals surface area contributed by atoms with Crippen LogP contribution in [0.3, 0.4) is 0 Å². The Kier molecular flexibility index (Phi) is 3.95. The van der Waals surface area contributed by atoms with Crippen molar-refractivity contribution >= 4 is 11.5 Å². The quantitative estimate of drug-likeness (QED) is 0.769. The summed E-state index contributed by atoms with van der Waals surface area (Å²) < 4.78 is 38.9. The Labute approximate surface area is 147 Å². The van der Waals surface area contributed by atoms with Crippen LogP contribution in [0.15, 0.2) is 55.0 Å². The van der Waals surface area contributed by atoms with Gasteiger partial charge in [-0.1, -0.05) is 12.1 Å². The first-order valence-corrected chi connectivity index (χ1v) is 7.93. The highest BCUT2D eigenvalue weighted by Gasteiger charge is 2.30. The third-order valence-electron chi connectivity index (χ3n) is 4.12. The molecule has 0 saturated carbocycles. The second-order valence-electron chi connectivity index (χ2n) is 5.87. The van der Waals surface area contributed by atoms with Gasteiger partial charge in [-0.2, -0.15) is 13.2 Å². The highest BCUT2D eigenvalue weighted by Crippen LogP contribution is 2.36. The standard InChI is InChI=1S/C18H14F3N5/c19-18(20,21)14-4-1-3-12(7-14)13-8-15-17(24-9-13)25-11-26(15)10-16-22-5-2-6-23-16/h1-9H,10-11H2,(H,24,25). The molecule has 0 amide bonds. The molecule has 2 aromatic heterocycles. The van der Waals surface area contributed by atoms with Gasteiger partial charge >= 0.3 is 6.18 Å². The molecule has 1 aliphatic heterocycles. The van der Waals surface area contributed by atoms with Crippen LogP contribution in [0.1, 0.15) is 11.4 Å². The highest BCUT2D eigenvalue weighted by atomic mass is 19.4. The van der Waals surface area contributed by atoms with Crippen LogP contribution in [-0.4, -0.2) is 21.6 Å². The second kappa shape index (κ2) is 6.29. The lowest BCUT2D eigenvalue weighted by Gasteiger charge is -2.17. The number of hydrogen-bond donors (Lipinski definition) is 1. The summed E-state index contributed by atoms with van der Waals surface area (Å²) in [5.41, 5.74) is 1.23. The molecule has 8 heteroatoms. The van der Waals surface area contributed by atoms with Gasteiger partial charge in [0.05, 0.1) is 24.5 Å². The minimum Gasteiger partial charge on any atom is -0.351 e. The largest absolute Gasteiger partial charge is 0.416 e. The first-order valence-electron chi connectivity index (χ1n) is 7.93. The molecule has 5 nitrogen and oxygen atoms in total. The SMILES string of the molecule is FC(F)(F)c1cccc(-c2cnc3c(c2)N(Cc2ncccn2)CN3)c1. The first-order chi connectivity index (χ1) is 12.5. The minimum atomic E-state index is -4.38. The normalized spacial score (nSPS) is 13.4. The molecule has 0 radical (unpaired) electrons. The summed E-state index contributed by atoms with van der Waals surface area (Å²) in [6, 6.07) is 8.82. The van der Waals surface area contributed by atoms with Crippen molar-refractivity contribution in [2.24, 2.45) is 0 Å². The zero-order valence-electron chi connectivity index (χ0n) is 13.5. The van der Waals surface area contributed by atoms with Crippen molar-refractivity contribution in [1.82, 2.24) is 15.0 Å². The topological polar surface area (TPSA) is 53.9 Å². The molecule has 3 heterocycles. The van der Waals surface area contributed by atoms with Gasteiger partial charge in [0.15, 0.2) is 5.82 Å². The molecule has 1 aliphatic rings. The van der Waals surface area contributed by atoms with Crippen LogP contribution in [0.2, 0.25) is 0 Å². The Balaban J connectivity index is 1.66. The molecule has 4 rings (SSSR count). The van der Waals surface area contributed by atoms with Gasteiger partial charge in [0.1, 0.15) is 5.82 Å². The Morgan fingerprint density at radius 3 is 2.58 bits per heavy atom. The second-order valence-corrected chi connectivity index (χ2v) is 5.87. The molecule has 0 saturated heterocycles. The molecule has 26 heavy (non-hydrogen) atoms. The summed E-state index contributed by atoms with van der Waals surface area (Å²) in [6.07, 6.45) is 0.538. The van der Waals surface area contributed by atoms with E-state index in [0.29, 0.717) is 36.0 Å². The maximum atomic E-state index is 13.0. The fourth-order valence-electron chi connectivity index (χ4n) is 2.84. The lowest BCUT2D eigenvalue weighted by atomic mass is 10.0. The number of fused-ring (bicyclic) bond motifs is 1. The Morgan fingerprint density at radius 2 is 1.81 bits per heavy atom. The molecule has 1 aromatic carbocycles. The van der Waals surface area contributed by atoms with Crippen LogP contribution in [-0.2, 0) is 12.7 Å². The fraction of sp³-hybridized carbons (Fsp3) is 0.167. The number of halogens is 3. The van der Waals surface area contributed by atoms with Crippen molar-refractivity contribution < 1.29 is 13.2 Å². The molecule has 0 aliphatic carbocycles. The maximum Gasteiger partial charge on any atom is 0.416 e. The Bertz CT molecular complexity index is 928. The number of aromatic nitrogens is 3. The Hall–Kier alpha value is -3.16. The van der Waals surface area contributed by atoms with Crippen LogP contribution in [0.4, 0.5) is 24.7 Å². The lowest BCUT2D eigenvalue weighted by Crippen LogP contribution is -2.23. The number of alkyl halides is 3. The summed E-state index contributed by atoms with van der Waals surface area (Å²) in [5.74, 6) is 1.35.